The lowest BCUT2D eigenvalue weighted by atomic mass is 10.1. The van der Waals surface area contributed by atoms with Crippen LogP contribution in [0.15, 0.2) is 18.2 Å². The highest BCUT2D eigenvalue weighted by Crippen LogP contribution is 2.25. The van der Waals surface area contributed by atoms with Gasteiger partial charge in [-0.25, -0.2) is 0 Å². The van der Waals surface area contributed by atoms with Crippen LogP contribution in [0.3, 0.4) is 0 Å². The van der Waals surface area contributed by atoms with Crippen LogP contribution in [0, 0.1) is 0 Å². The fourth-order valence-electron chi connectivity index (χ4n) is 1.39. The van der Waals surface area contributed by atoms with Crippen LogP contribution < -0.4 is 0 Å². The van der Waals surface area contributed by atoms with E-state index in [0.29, 0.717) is 15.6 Å². The first kappa shape index (κ1) is 14.9. The van der Waals surface area contributed by atoms with Crippen LogP contribution >= 0.6 is 35.0 Å². The lowest BCUT2D eigenvalue weighted by Gasteiger charge is -2.11. The van der Waals surface area contributed by atoms with Gasteiger partial charge in [-0.1, -0.05) is 36.5 Å². The number of thioether (sulfide) groups is 1. The van der Waals surface area contributed by atoms with Crippen molar-refractivity contribution in [2.45, 2.75) is 31.9 Å². The van der Waals surface area contributed by atoms with Gasteiger partial charge in [0.25, 0.3) is 0 Å². The molecule has 0 saturated heterocycles. The molecule has 0 aromatic heterocycles. The summed E-state index contributed by atoms with van der Waals surface area (Å²) in [6, 6.07) is 5.01. The Morgan fingerprint density at radius 3 is 2.71 bits per heavy atom. The number of rotatable bonds is 6. The molecule has 17 heavy (non-hydrogen) atoms. The lowest BCUT2D eigenvalue weighted by molar-refractivity contribution is 0.0994. The number of ketones is 1. The van der Waals surface area contributed by atoms with Crippen molar-refractivity contribution in [2.75, 3.05) is 5.75 Å². The summed E-state index contributed by atoms with van der Waals surface area (Å²) < 4.78 is 0. The number of hydrogen-bond donors (Lipinski definition) is 0. The average Bonchev–Trinajstić information content (AvgIpc) is 2.28. The van der Waals surface area contributed by atoms with Crippen molar-refractivity contribution < 1.29 is 4.79 Å². The van der Waals surface area contributed by atoms with Crippen molar-refractivity contribution in [1.29, 1.82) is 0 Å². The van der Waals surface area contributed by atoms with Crippen LogP contribution in [-0.2, 0) is 0 Å². The molecule has 1 unspecified atom stereocenters. The van der Waals surface area contributed by atoms with E-state index < -0.39 is 0 Å². The topological polar surface area (TPSA) is 17.1 Å². The standard InChI is InChI=1S/C13H16Cl2OS/c1-3-4-7-17-9(2)13(16)11-6-5-10(14)8-12(11)15/h5-6,8-9H,3-4,7H2,1-2H3. The molecule has 0 fully saturated rings. The highest BCUT2D eigenvalue weighted by atomic mass is 35.5. The van der Waals surface area contributed by atoms with E-state index >= 15 is 0 Å². The van der Waals surface area contributed by atoms with Crippen molar-refractivity contribution in [3.63, 3.8) is 0 Å². The predicted molar refractivity (Wildman–Crippen MR) is 77.6 cm³/mol. The Labute approximate surface area is 117 Å². The average molecular weight is 291 g/mol. The van der Waals surface area contributed by atoms with Gasteiger partial charge in [-0.05, 0) is 37.3 Å². The second kappa shape index (κ2) is 7.30. The number of carbonyl (C=O) groups excluding carboxylic acids is 1. The number of Topliss-reactive ketones (excluding diaryl/α,β-unsaturated/α-hetero) is 1. The molecule has 0 heterocycles. The van der Waals surface area contributed by atoms with Gasteiger partial charge in [0.1, 0.15) is 0 Å². The highest BCUT2D eigenvalue weighted by Gasteiger charge is 2.18. The first-order valence-corrected chi connectivity index (χ1v) is 7.47. The molecule has 0 radical (unpaired) electrons. The Hall–Kier alpha value is -0.180. The van der Waals surface area contributed by atoms with Gasteiger partial charge in [0.2, 0.25) is 0 Å². The fraction of sp³-hybridized carbons (Fsp3) is 0.462. The Morgan fingerprint density at radius 1 is 1.41 bits per heavy atom. The highest BCUT2D eigenvalue weighted by molar-refractivity contribution is 8.00. The van der Waals surface area contributed by atoms with Gasteiger partial charge < -0.3 is 0 Å². The molecule has 1 atom stereocenters. The van der Waals surface area contributed by atoms with Gasteiger partial charge in [0.05, 0.1) is 10.3 Å². The van der Waals surface area contributed by atoms with E-state index in [1.807, 2.05) is 6.92 Å². The summed E-state index contributed by atoms with van der Waals surface area (Å²) >= 11 is 13.5. The van der Waals surface area contributed by atoms with Gasteiger partial charge in [0.15, 0.2) is 5.78 Å². The van der Waals surface area contributed by atoms with Gasteiger partial charge in [-0.15, -0.1) is 0 Å². The maximum atomic E-state index is 12.1. The molecule has 0 aliphatic rings. The molecular weight excluding hydrogens is 275 g/mol. The molecule has 1 aromatic carbocycles. The van der Waals surface area contributed by atoms with Crippen molar-refractivity contribution in [3.05, 3.63) is 33.8 Å². The van der Waals surface area contributed by atoms with Crippen molar-refractivity contribution in [2.24, 2.45) is 0 Å². The van der Waals surface area contributed by atoms with E-state index in [1.54, 1.807) is 30.0 Å². The molecule has 0 N–H and O–H groups in total. The fourth-order valence-corrected chi connectivity index (χ4v) is 2.98. The molecule has 94 valence electrons. The number of benzene rings is 1. The molecule has 0 aliphatic heterocycles. The summed E-state index contributed by atoms with van der Waals surface area (Å²) in [6.07, 6.45) is 2.28. The Bertz CT molecular complexity index is 393. The molecule has 0 aliphatic carbocycles. The Balaban J connectivity index is 2.68. The maximum absolute atomic E-state index is 12.1. The third-order valence-electron chi connectivity index (χ3n) is 2.43. The quantitative estimate of drug-likeness (QED) is 0.536. The number of halogens is 2. The van der Waals surface area contributed by atoms with E-state index in [4.69, 9.17) is 23.2 Å². The largest absolute Gasteiger partial charge is 0.293 e. The van der Waals surface area contributed by atoms with Gasteiger partial charge in [0, 0.05) is 10.6 Å². The van der Waals surface area contributed by atoms with Crippen LogP contribution in [0.1, 0.15) is 37.0 Å². The SMILES string of the molecule is CCCCSC(C)C(=O)c1ccc(Cl)cc1Cl. The zero-order chi connectivity index (χ0) is 12.8. The van der Waals surface area contributed by atoms with E-state index in [0.717, 1.165) is 18.6 Å². The van der Waals surface area contributed by atoms with E-state index in [9.17, 15) is 4.79 Å². The van der Waals surface area contributed by atoms with E-state index in [2.05, 4.69) is 6.92 Å². The van der Waals surface area contributed by atoms with Crippen molar-refractivity contribution in [1.82, 2.24) is 0 Å². The van der Waals surface area contributed by atoms with Crippen LogP contribution in [0.4, 0.5) is 0 Å². The predicted octanol–water partition coefficient (Wildman–Crippen LogP) is 5.10. The minimum absolute atomic E-state index is 0.0553. The number of unbranched alkanes of at least 4 members (excludes halogenated alkanes) is 1. The van der Waals surface area contributed by atoms with Gasteiger partial charge >= 0.3 is 0 Å². The zero-order valence-corrected chi connectivity index (χ0v) is 12.3. The Kier molecular flexibility index (Phi) is 6.39. The first-order chi connectivity index (χ1) is 8.06. The third kappa shape index (κ3) is 4.53. The summed E-state index contributed by atoms with van der Waals surface area (Å²) in [6.45, 7) is 4.07. The summed E-state index contributed by atoms with van der Waals surface area (Å²) in [5.74, 6) is 1.09. The smallest absolute Gasteiger partial charge is 0.177 e. The molecule has 0 amide bonds. The monoisotopic (exact) mass is 290 g/mol. The minimum atomic E-state index is -0.0553. The van der Waals surface area contributed by atoms with Crippen LogP contribution in [0.2, 0.25) is 10.0 Å². The molecule has 1 rings (SSSR count). The summed E-state index contributed by atoms with van der Waals surface area (Å²) in [7, 11) is 0. The normalized spacial score (nSPS) is 12.5. The van der Waals surface area contributed by atoms with E-state index in [1.165, 1.54) is 0 Å². The molecule has 0 saturated carbocycles. The van der Waals surface area contributed by atoms with E-state index in [-0.39, 0.29) is 11.0 Å². The molecule has 1 nitrogen and oxygen atoms in total. The van der Waals surface area contributed by atoms with Crippen molar-refractivity contribution in [3.8, 4) is 0 Å². The van der Waals surface area contributed by atoms with Gasteiger partial charge in [-0.2, -0.15) is 11.8 Å². The van der Waals surface area contributed by atoms with Crippen LogP contribution in [-0.4, -0.2) is 16.8 Å². The summed E-state index contributed by atoms with van der Waals surface area (Å²) in [5.41, 5.74) is 0.563. The second-order valence-corrected chi connectivity index (χ2v) is 6.15. The second-order valence-electron chi connectivity index (χ2n) is 3.85. The lowest BCUT2D eigenvalue weighted by Crippen LogP contribution is -2.14. The van der Waals surface area contributed by atoms with Gasteiger partial charge in [-0.3, -0.25) is 4.79 Å². The van der Waals surface area contributed by atoms with Crippen LogP contribution in [0.25, 0.3) is 0 Å². The zero-order valence-electron chi connectivity index (χ0n) is 10.0. The molecule has 4 heteroatoms. The molecular formula is C13H16Cl2OS. The summed E-state index contributed by atoms with van der Waals surface area (Å²) in [5, 5.41) is 0.934. The molecule has 0 bridgehead atoms. The first-order valence-electron chi connectivity index (χ1n) is 5.67. The van der Waals surface area contributed by atoms with Crippen molar-refractivity contribution >= 4 is 40.7 Å². The molecule has 0 spiro atoms. The number of hydrogen-bond acceptors (Lipinski definition) is 2. The molecule has 1 aromatic rings. The maximum Gasteiger partial charge on any atom is 0.177 e. The number of carbonyl (C=O) groups is 1. The Morgan fingerprint density at radius 2 is 2.12 bits per heavy atom. The van der Waals surface area contributed by atoms with Crippen LogP contribution in [0.5, 0.6) is 0 Å². The minimum Gasteiger partial charge on any atom is -0.293 e. The summed E-state index contributed by atoms with van der Waals surface area (Å²) in [4.78, 5) is 12.1. The third-order valence-corrected chi connectivity index (χ3v) is 4.22.